The number of anilines is 1. The Morgan fingerprint density at radius 3 is 2.44 bits per heavy atom. The van der Waals surface area contributed by atoms with Crippen LogP contribution in [0.3, 0.4) is 0 Å². The van der Waals surface area contributed by atoms with Gasteiger partial charge < -0.3 is 0 Å². The van der Waals surface area contributed by atoms with Crippen molar-refractivity contribution in [3.8, 4) is 12.1 Å². The predicted octanol–water partition coefficient (Wildman–Crippen LogP) is 2.54. The Morgan fingerprint density at radius 1 is 1.25 bits per heavy atom. The smallest absolute Gasteiger partial charge is 0.237 e. The fourth-order valence-electron chi connectivity index (χ4n) is 0.799. The third-order valence-corrected chi connectivity index (χ3v) is 2.12. The van der Waals surface area contributed by atoms with E-state index in [1.165, 1.54) is 12.1 Å². The summed E-state index contributed by atoms with van der Waals surface area (Å²) in [7, 11) is 0. The Morgan fingerprint density at radius 2 is 1.88 bits per heavy atom. The standard InChI is InChI=1S/C9H3BrF2N4/c10-6-1-8(12)9(2-7(6)11)16-15-5(3-13)4-14/h1-2,16H. The van der Waals surface area contributed by atoms with Gasteiger partial charge in [0.25, 0.3) is 0 Å². The fourth-order valence-corrected chi connectivity index (χ4v) is 1.11. The van der Waals surface area contributed by atoms with Crippen LogP contribution in [0.5, 0.6) is 0 Å². The summed E-state index contributed by atoms with van der Waals surface area (Å²) >= 11 is 2.80. The molecule has 4 nitrogen and oxygen atoms in total. The summed E-state index contributed by atoms with van der Waals surface area (Å²) in [6.45, 7) is 0. The molecular weight excluding hydrogens is 282 g/mol. The Kier molecular flexibility index (Phi) is 3.92. The first-order valence-corrected chi connectivity index (χ1v) is 4.66. The molecule has 1 rings (SSSR count). The number of nitrogens with one attached hydrogen (secondary N) is 1. The van der Waals surface area contributed by atoms with Gasteiger partial charge >= 0.3 is 0 Å². The summed E-state index contributed by atoms with van der Waals surface area (Å²) in [6.07, 6.45) is 0. The van der Waals surface area contributed by atoms with Crippen LogP contribution in [0.15, 0.2) is 21.7 Å². The fraction of sp³-hybridized carbons (Fsp3) is 0. The van der Waals surface area contributed by atoms with E-state index in [1.807, 2.05) is 0 Å². The summed E-state index contributed by atoms with van der Waals surface area (Å²) in [5.74, 6) is -1.44. The number of rotatable bonds is 2. The summed E-state index contributed by atoms with van der Waals surface area (Å²) in [4.78, 5) is 0. The lowest BCUT2D eigenvalue weighted by atomic mass is 10.3. The van der Waals surface area contributed by atoms with Gasteiger partial charge in [-0.3, -0.25) is 5.43 Å². The van der Waals surface area contributed by atoms with Crippen LogP contribution in [0.25, 0.3) is 0 Å². The van der Waals surface area contributed by atoms with Gasteiger partial charge in [0.15, 0.2) is 0 Å². The van der Waals surface area contributed by atoms with Crippen molar-refractivity contribution in [2.45, 2.75) is 0 Å². The number of nitrogens with zero attached hydrogens (tertiary/aromatic N) is 3. The predicted molar refractivity (Wildman–Crippen MR) is 56.3 cm³/mol. The Balaban J connectivity index is 3.01. The maximum Gasteiger partial charge on any atom is 0.237 e. The molecular formula is C9H3BrF2N4. The molecule has 16 heavy (non-hydrogen) atoms. The summed E-state index contributed by atoms with van der Waals surface area (Å²) < 4.78 is 26.2. The quantitative estimate of drug-likeness (QED) is 0.515. The molecule has 0 aromatic heterocycles. The molecule has 0 bridgehead atoms. The average molecular weight is 285 g/mol. The molecule has 1 aromatic rings. The first-order chi connectivity index (χ1) is 7.58. The van der Waals surface area contributed by atoms with E-state index in [-0.39, 0.29) is 10.2 Å². The highest BCUT2D eigenvalue weighted by atomic mass is 79.9. The van der Waals surface area contributed by atoms with Crippen molar-refractivity contribution in [3.05, 3.63) is 28.2 Å². The van der Waals surface area contributed by atoms with Gasteiger partial charge in [-0.05, 0) is 22.0 Å². The summed E-state index contributed by atoms with van der Waals surface area (Å²) in [6, 6.07) is 4.70. The molecule has 0 amide bonds. The zero-order chi connectivity index (χ0) is 12.1. The molecule has 0 aliphatic rings. The molecule has 0 unspecified atom stereocenters. The van der Waals surface area contributed by atoms with E-state index in [4.69, 9.17) is 10.5 Å². The summed E-state index contributed by atoms with van der Waals surface area (Å²) in [5.41, 5.74) is 1.35. The lowest BCUT2D eigenvalue weighted by Gasteiger charge is -2.03. The third kappa shape index (κ3) is 2.75. The molecule has 0 atom stereocenters. The lowest BCUT2D eigenvalue weighted by Crippen LogP contribution is -1.99. The Labute approximate surface area is 97.9 Å². The van der Waals surface area contributed by atoms with Crippen LogP contribution < -0.4 is 5.43 Å². The van der Waals surface area contributed by atoms with Crippen molar-refractivity contribution >= 4 is 27.3 Å². The van der Waals surface area contributed by atoms with E-state index >= 15 is 0 Å². The van der Waals surface area contributed by atoms with Crippen LogP contribution in [0.4, 0.5) is 14.5 Å². The highest BCUT2D eigenvalue weighted by molar-refractivity contribution is 9.10. The molecule has 7 heteroatoms. The molecule has 0 aliphatic heterocycles. The van der Waals surface area contributed by atoms with Crippen molar-refractivity contribution in [1.29, 1.82) is 10.5 Å². The van der Waals surface area contributed by atoms with E-state index in [2.05, 4.69) is 26.5 Å². The Hall–Kier alpha value is -1.99. The molecule has 0 heterocycles. The zero-order valence-corrected chi connectivity index (χ0v) is 9.22. The van der Waals surface area contributed by atoms with Crippen LogP contribution in [0.1, 0.15) is 0 Å². The highest BCUT2D eigenvalue weighted by Gasteiger charge is 2.07. The normalized spacial score (nSPS) is 8.81. The van der Waals surface area contributed by atoms with E-state index in [0.717, 1.165) is 12.1 Å². The maximum atomic E-state index is 13.2. The van der Waals surface area contributed by atoms with Crippen LogP contribution in [-0.2, 0) is 0 Å². The van der Waals surface area contributed by atoms with Crippen molar-refractivity contribution < 1.29 is 8.78 Å². The van der Waals surface area contributed by atoms with Gasteiger partial charge in [0, 0.05) is 6.07 Å². The molecule has 0 fully saturated rings. The number of hydrazone groups is 1. The summed E-state index contributed by atoms with van der Waals surface area (Å²) in [5, 5.41) is 20.0. The first-order valence-electron chi connectivity index (χ1n) is 3.87. The van der Waals surface area contributed by atoms with Crippen LogP contribution in [-0.4, -0.2) is 5.71 Å². The van der Waals surface area contributed by atoms with E-state index in [1.54, 1.807) is 0 Å². The molecule has 80 valence electrons. The van der Waals surface area contributed by atoms with Gasteiger partial charge in [-0.1, -0.05) is 0 Å². The maximum absolute atomic E-state index is 13.2. The number of halogens is 3. The third-order valence-electron chi connectivity index (χ3n) is 1.51. The number of hydrogen-bond donors (Lipinski definition) is 1. The SMILES string of the molecule is N#CC(C#N)=NNc1cc(F)c(Br)cc1F. The number of benzene rings is 1. The molecule has 0 saturated heterocycles. The van der Waals surface area contributed by atoms with Crippen molar-refractivity contribution in [3.63, 3.8) is 0 Å². The first kappa shape index (κ1) is 12.1. The second-order valence-corrected chi connectivity index (χ2v) is 3.40. The van der Waals surface area contributed by atoms with Gasteiger partial charge in [0.05, 0.1) is 10.2 Å². The second kappa shape index (κ2) is 5.19. The van der Waals surface area contributed by atoms with E-state index in [9.17, 15) is 8.78 Å². The van der Waals surface area contributed by atoms with Gasteiger partial charge in [-0.25, -0.2) is 8.78 Å². The van der Waals surface area contributed by atoms with Crippen LogP contribution in [0.2, 0.25) is 0 Å². The van der Waals surface area contributed by atoms with Gasteiger partial charge in [-0.15, -0.1) is 0 Å². The molecule has 1 N–H and O–H groups in total. The molecule has 0 aliphatic carbocycles. The van der Waals surface area contributed by atoms with Gasteiger partial charge in [-0.2, -0.15) is 15.6 Å². The molecule has 0 saturated carbocycles. The van der Waals surface area contributed by atoms with Crippen molar-refractivity contribution in [1.82, 2.24) is 0 Å². The van der Waals surface area contributed by atoms with Crippen molar-refractivity contribution in [2.75, 3.05) is 5.43 Å². The van der Waals surface area contributed by atoms with E-state index < -0.39 is 17.3 Å². The molecule has 1 aromatic carbocycles. The largest absolute Gasteiger partial charge is 0.273 e. The van der Waals surface area contributed by atoms with Crippen molar-refractivity contribution in [2.24, 2.45) is 5.10 Å². The van der Waals surface area contributed by atoms with Crippen LogP contribution in [0, 0.1) is 34.3 Å². The minimum atomic E-state index is -0.757. The van der Waals surface area contributed by atoms with Crippen LogP contribution >= 0.6 is 15.9 Å². The topological polar surface area (TPSA) is 72.0 Å². The second-order valence-electron chi connectivity index (χ2n) is 2.54. The molecule has 0 radical (unpaired) electrons. The number of nitriles is 2. The lowest BCUT2D eigenvalue weighted by molar-refractivity contribution is 0.597. The van der Waals surface area contributed by atoms with E-state index in [0.29, 0.717) is 0 Å². The Bertz CT molecular complexity index is 512. The van der Waals surface area contributed by atoms with Gasteiger partial charge in [0.1, 0.15) is 23.8 Å². The minimum Gasteiger partial charge on any atom is -0.273 e. The van der Waals surface area contributed by atoms with Gasteiger partial charge in [0.2, 0.25) is 5.71 Å². The highest BCUT2D eigenvalue weighted by Crippen LogP contribution is 2.23. The zero-order valence-electron chi connectivity index (χ0n) is 7.63. The number of hydrogen-bond acceptors (Lipinski definition) is 4. The molecule has 0 spiro atoms. The minimum absolute atomic E-state index is 0.0275. The monoisotopic (exact) mass is 284 g/mol. The average Bonchev–Trinajstić information content (AvgIpc) is 2.26.